The van der Waals surface area contributed by atoms with Gasteiger partial charge in [0.05, 0.1) is 13.0 Å². The number of nitrogens with zero attached hydrogens (tertiary/aromatic N) is 1. The number of carbonyl (C=O) groups excluding carboxylic acids is 1. The van der Waals surface area contributed by atoms with Crippen LogP contribution in [0.3, 0.4) is 0 Å². The Labute approximate surface area is 198 Å². The van der Waals surface area contributed by atoms with Gasteiger partial charge >= 0.3 is 0 Å². The predicted molar refractivity (Wildman–Crippen MR) is 132 cm³/mol. The summed E-state index contributed by atoms with van der Waals surface area (Å²) in [7, 11) is 3.88. The minimum Gasteiger partial charge on any atom is -0.497 e. The molecule has 0 radical (unpaired) electrons. The normalized spacial score (nSPS) is 25.4. The Kier molecular flexibility index (Phi) is 7.62. The second-order valence-corrected chi connectivity index (χ2v) is 10.6. The monoisotopic (exact) mass is 502 g/mol. The number of carbonyl (C=O) groups is 1. The minimum atomic E-state index is 0.0245. The van der Waals surface area contributed by atoms with Crippen LogP contribution in [0.1, 0.15) is 36.3 Å². The Morgan fingerprint density at radius 2 is 1.90 bits per heavy atom. The molecule has 4 atom stereocenters. The second kappa shape index (κ2) is 10.4. The van der Waals surface area contributed by atoms with Crippen LogP contribution in [0.25, 0.3) is 0 Å². The molecule has 0 spiro atoms. The number of rotatable bonds is 8. The maximum Gasteiger partial charge on any atom is 0.225 e. The third kappa shape index (κ3) is 5.29. The molecule has 4 nitrogen and oxygen atoms in total. The van der Waals surface area contributed by atoms with Crippen LogP contribution in [0.4, 0.5) is 0 Å². The van der Waals surface area contributed by atoms with E-state index in [1.165, 1.54) is 17.5 Å². The highest BCUT2D eigenvalue weighted by Crippen LogP contribution is 2.46. The van der Waals surface area contributed by atoms with Gasteiger partial charge < -0.3 is 10.1 Å². The van der Waals surface area contributed by atoms with Gasteiger partial charge in [-0.05, 0) is 67.6 Å². The van der Waals surface area contributed by atoms with Crippen molar-refractivity contribution in [2.45, 2.75) is 43.0 Å². The average Bonchev–Trinajstić information content (AvgIpc) is 3.02. The molecule has 0 saturated carbocycles. The summed E-state index contributed by atoms with van der Waals surface area (Å²) < 4.78 is 6.30. The summed E-state index contributed by atoms with van der Waals surface area (Å²) in [6.45, 7) is 0.711. The van der Waals surface area contributed by atoms with E-state index in [-0.39, 0.29) is 11.8 Å². The number of amides is 1. The van der Waals surface area contributed by atoms with Crippen molar-refractivity contribution in [3.05, 3.63) is 64.1 Å². The molecule has 0 unspecified atom stereocenters. The summed E-state index contributed by atoms with van der Waals surface area (Å²) >= 11 is 5.39. The highest BCUT2D eigenvalue weighted by atomic mass is 79.9. The third-order valence-electron chi connectivity index (χ3n) is 6.84. The molecule has 2 fully saturated rings. The summed E-state index contributed by atoms with van der Waals surface area (Å²) in [4.78, 5) is 15.8. The van der Waals surface area contributed by atoms with Crippen molar-refractivity contribution in [3.8, 4) is 5.75 Å². The molecular formula is C25H31BrN2O2S. The van der Waals surface area contributed by atoms with Crippen molar-refractivity contribution in [2.75, 3.05) is 26.5 Å². The van der Waals surface area contributed by atoms with Gasteiger partial charge in [0, 0.05) is 34.6 Å². The highest BCUT2D eigenvalue weighted by Gasteiger charge is 2.48. The van der Waals surface area contributed by atoms with Gasteiger partial charge in [-0.3, -0.25) is 9.69 Å². The zero-order valence-corrected chi connectivity index (χ0v) is 20.6. The Balaban J connectivity index is 1.33. The number of halogens is 1. The molecule has 31 heavy (non-hydrogen) atoms. The van der Waals surface area contributed by atoms with E-state index in [1.54, 1.807) is 7.11 Å². The van der Waals surface area contributed by atoms with E-state index in [2.05, 4.69) is 69.6 Å². The van der Waals surface area contributed by atoms with Crippen LogP contribution in [-0.4, -0.2) is 49.3 Å². The largest absolute Gasteiger partial charge is 0.497 e. The predicted octanol–water partition coefficient (Wildman–Crippen LogP) is 5.07. The molecule has 2 heterocycles. The molecule has 2 bridgehead atoms. The first-order valence-electron chi connectivity index (χ1n) is 11.0. The molecule has 1 N–H and O–H groups in total. The van der Waals surface area contributed by atoms with Gasteiger partial charge in [0.15, 0.2) is 0 Å². The van der Waals surface area contributed by atoms with Crippen molar-refractivity contribution < 1.29 is 9.53 Å². The van der Waals surface area contributed by atoms with E-state index in [0.29, 0.717) is 24.5 Å². The lowest BCUT2D eigenvalue weighted by molar-refractivity contribution is -0.129. The van der Waals surface area contributed by atoms with Crippen LogP contribution in [0, 0.1) is 5.92 Å². The van der Waals surface area contributed by atoms with Crippen molar-refractivity contribution in [3.63, 3.8) is 0 Å². The van der Waals surface area contributed by atoms with Crippen LogP contribution < -0.4 is 10.1 Å². The fourth-order valence-corrected chi connectivity index (χ4v) is 6.24. The average molecular weight is 504 g/mol. The first-order valence-corrected chi connectivity index (χ1v) is 13.0. The maximum absolute atomic E-state index is 13.3. The molecule has 166 valence electrons. The fraction of sp³-hybridized carbons (Fsp3) is 0.480. The van der Waals surface area contributed by atoms with Gasteiger partial charge in [0.1, 0.15) is 5.75 Å². The number of hydrogen-bond donors (Lipinski definition) is 1. The molecule has 2 aromatic rings. The van der Waals surface area contributed by atoms with Gasteiger partial charge in [-0.2, -0.15) is 11.8 Å². The van der Waals surface area contributed by atoms with Crippen LogP contribution in [-0.2, 0) is 10.5 Å². The van der Waals surface area contributed by atoms with E-state index >= 15 is 0 Å². The minimum absolute atomic E-state index is 0.0245. The Bertz CT molecular complexity index is 874. The lowest BCUT2D eigenvalue weighted by Crippen LogP contribution is -2.51. The Morgan fingerprint density at radius 1 is 1.16 bits per heavy atom. The smallest absolute Gasteiger partial charge is 0.225 e. The van der Waals surface area contributed by atoms with Crippen LogP contribution in [0.5, 0.6) is 5.75 Å². The Morgan fingerprint density at radius 3 is 2.61 bits per heavy atom. The Hall–Kier alpha value is -1.50. The van der Waals surface area contributed by atoms with Gasteiger partial charge in [-0.15, -0.1) is 0 Å². The summed E-state index contributed by atoms with van der Waals surface area (Å²) in [5.41, 5.74) is 2.57. The molecule has 6 heteroatoms. The number of piperidine rings is 1. The topological polar surface area (TPSA) is 41.6 Å². The van der Waals surface area contributed by atoms with E-state index in [1.807, 2.05) is 23.9 Å². The van der Waals surface area contributed by atoms with Crippen LogP contribution in [0.15, 0.2) is 53.0 Å². The molecule has 0 aromatic heterocycles. The summed E-state index contributed by atoms with van der Waals surface area (Å²) in [5.74, 6) is 3.28. The van der Waals surface area contributed by atoms with Gasteiger partial charge in [-0.1, -0.05) is 40.2 Å². The summed E-state index contributed by atoms with van der Waals surface area (Å²) in [5, 5.41) is 3.26. The fourth-order valence-electron chi connectivity index (χ4n) is 5.15. The zero-order valence-electron chi connectivity index (χ0n) is 18.2. The quantitative estimate of drug-likeness (QED) is 0.511. The van der Waals surface area contributed by atoms with E-state index < -0.39 is 0 Å². The molecule has 2 aliphatic heterocycles. The molecule has 2 saturated heterocycles. The SMILES string of the molecule is COc1ccc(CSCCNC(=O)[C@H]2[C@@H](c3ccc(Br)cc3)C[C@@H]3CC[C@H]2N3C)cc1. The second-order valence-electron chi connectivity index (χ2n) is 8.58. The number of methoxy groups -OCH3 is 1. The van der Waals surface area contributed by atoms with Crippen molar-refractivity contribution in [2.24, 2.45) is 5.92 Å². The van der Waals surface area contributed by atoms with Crippen LogP contribution >= 0.6 is 27.7 Å². The number of benzene rings is 2. The lowest BCUT2D eigenvalue weighted by Gasteiger charge is -2.42. The summed E-state index contributed by atoms with van der Waals surface area (Å²) in [6, 6.07) is 17.7. The van der Waals surface area contributed by atoms with Crippen molar-refractivity contribution >= 4 is 33.6 Å². The molecular weight excluding hydrogens is 472 g/mol. The first kappa shape index (κ1) is 22.7. The van der Waals surface area contributed by atoms with Crippen LogP contribution in [0.2, 0.25) is 0 Å². The van der Waals surface area contributed by atoms with Crippen molar-refractivity contribution in [1.29, 1.82) is 0 Å². The lowest BCUT2D eigenvalue weighted by atomic mass is 9.75. The highest BCUT2D eigenvalue weighted by molar-refractivity contribution is 9.10. The van der Waals surface area contributed by atoms with Gasteiger partial charge in [-0.25, -0.2) is 0 Å². The number of fused-ring (bicyclic) bond motifs is 2. The van der Waals surface area contributed by atoms with Crippen molar-refractivity contribution in [1.82, 2.24) is 10.2 Å². The first-order chi connectivity index (χ1) is 15.1. The number of ether oxygens (including phenoxy) is 1. The molecule has 2 aromatic carbocycles. The molecule has 2 aliphatic rings. The summed E-state index contributed by atoms with van der Waals surface area (Å²) in [6.07, 6.45) is 3.40. The van der Waals surface area contributed by atoms with Gasteiger partial charge in [0.25, 0.3) is 0 Å². The molecule has 0 aliphatic carbocycles. The number of thioether (sulfide) groups is 1. The maximum atomic E-state index is 13.3. The molecule has 1 amide bonds. The molecule has 4 rings (SSSR count). The zero-order chi connectivity index (χ0) is 21.8. The third-order valence-corrected chi connectivity index (χ3v) is 8.40. The standard InChI is InChI=1S/C25H31BrN2O2S/c1-28-20-9-12-23(28)24(22(15-20)18-5-7-19(26)8-6-18)25(29)27-13-14-31-16-17-3-10-21(30-2)11-4-17/h3-8,10-11,20,22-24H,9,12-16H2,1-2H3,(H,27,29)/t20-,22+,23+,24-/m0/s1. The number of nitrogens with one attached hydrogen (secondary N) is 1. The van der Waals surface area contributed by atoms with E-state index in [9.17, 15) is 4.79 Å². The number of hydrogen-bond acceptors (Lipinski definition) is 4. The van der Waals surface area contributed by atoms with Gasteiger partial charge in [0.2, 0.25) is 5.91 Å². The van der Waals surface area contributed by atoms with E-state index in [0.717, 1.165) is 34.6 Å². The van der Waals surface area contributed by atoms with E-state index in [4.69, 9.17) is 4.74 Å².